The molecule has 0 radical (unpaired) electrons. The van der Waals surface area contributed by atoms with Crippen LogP contribution in [0.2, 0.25) is 0 Å². The molecule has 0 spiro atoms. The van der Waals surface area contributed by atoms with E-state index in [0.717, 1.165) is 4.47 Å². The van der Waals surface area contributed by atoms with Gasteiger partial charge in [-0.3, -0.25) is 9.59 Å². The van der Waals surface area contributed by atoms with E-state index in [0.29, 0.717) is 27.3 Å². The van der Waals surface area contributed by atoms with Crippen LogP contribution in [0.15, 0.2) is 64.4 Å². The molecule has 0 bridgehead atoms. The van der Waals surface area contributed by atoms with E-state index < -0.39 is 48.9 Å². The molecule has 35 heavy (non-hydrogen) atoms. The van der Waals surface area contributed by atoms with Crippen molar-refractivity contribution in [3.63, 3.8) is 0 Å². The number of imide groups is 1. The summed E-state index contributed by atoms with van der Waals surface area (Å²) in [6, 6.07) is 13.2. The van der Waals surface area contributed by atoms with E-state index in [1.807, 2.05) is 0 Å². The Bertz CT molecular complexity index is 1260. The van der Waals surface area contributed by atoms with Gasteiger partial charge < -0.3 is 30.1 Å². The predicted molar refractivity (Wildman–Crippen MR) is 127 cm³/mol. The van der Waals surface area contributed by atoms with Gasteiger partial charge in [-0.2, -0.15) is 10.1 Å². The summed E-state index contributed by atoms with van der Waals surface area (Å²) in [5.74, 6) is -2.07. The van der Waals surface area contributed by atoms with Gasteiger partial charge in [0.05, 0.1) is 29.7 Å². The van der Waals surface area contributed by atoms with Gasteiger partial charge in [-0.05, 0) is 29.8 Å². The molecule has 2 aromatic carbocycles. The molecule has 0 saturated heterocycles. The van der Waals surface area contributed by atoms with Crippen molar-refractivity contribution in [3.05, 3.63) is 64.9 Å². The first-order valence-electron chi connectivity index (χ1n) is 10.7. The molecule has 5 atom stereocenters. The molecule has 2 heterocycles. The topological polar surface area (TPSA) is 169 Å². The van der Waals surface area contributed by atoms with Crippen molar-refractivity contribution in [2.75, 3.05) is 6.61 Å². The minimum absolute atomic E-state index is 0.120. The monoisotopic (exact) mass is 546 g/mol. The number of nitrogens with zero attached hydrogens (tertiary/aromatic N) is 4. The van der Waals surface area contributed by atoms with Crippen molar-refractivity contribution >= 4 is 44.5 Å². The number of hydrogen-bond acceptors (Lipinski definition) is 9. The number of halogens is 1. The lowest BCUT2D eigenvalue weighted by Gasteiger charge is -2.32. The molecule has 0 aliphatic carbocycles. The highest BCUT2D eigenvalue weighted by molar-refractivity contribution is 9.10. The molecule has 1 aliphatic rings. The van der Waals surface area contributed by atoms with Crippen LogP contribution in [0.25, 0.3) is 11.0 Å². The second-order valence-corrected chi connectivity index (χ2v) is 8.99. The number of fused-ring (bicyclic) bond motifs is 1. The van der Waals surface area contributed by atoms with Crippen LogP contribution in [0.5, 0.6) is 0 Å². The van der Waals surface area contributed by atoms with Gasteiger partial charge in [-0.1, -0.05) is 40.2 Å². The van der Waals surface area contributed by atoms with Crippen LogP contribution in [0.1, 0.15) is 18.0 Å². The maximum atomic E-state index is 13.4. The van der Waals surface area contributed by atoms with Crippen LogP contribution >= 0.6 is 15.9 Å². The van der Waals surface area contributed by atoms with E-state index in [1.165, 1.54) is 6.33 Å². The summed E-state index contributed by atoms with van der Waals surface area (Å²) < 4.78 is 2.42. The molecule has 1 aliphatic heterocycles. The number of carbonyl (C=O) groups excluding carboxylic acids is 2. The third-order valence-corrected chi connectivity index (χ3v) is 6.34. The fraction of sp³-hybridized carbons (Fsp3) is 0.304. The smallest absolute Gasteiger partial charge is 0.281 e. The number of hydrogen-bond donors (Lipinski definition) is 5. The summed E-state index contributed by atoms with van der Waals surface area (Å²) in [6.07, 6.45) is -6.73. The van der Waals surface area contributed by atoms with E-state index >= 15 is 0 Å². The van der Waals surface area contributed by atoms with E-state index in [1.54, 1.807) is 53.1 Å². The maximum absolute atomic E-state index is 13.4. The quantitative estimate of drug-likeness (QED) is 0.274. The molecule has 0 saturated carbocycles. The summed E-state index contributed by atoms with van der Waals surface area (Å²) in [4.78, 5) is 30.8. The average molecular weight is 547 g/mol. The number of para-hydroxylation sites is 2. The lowest BCUT2D eigenvalue weighted by Crippen LogP contribution is -2.54. The average Bonchev–Trinajstić information content (AvgIpc) is 3.31. The molecule has 1 aromatic heterocycles. The van der Waals surface area contributed by atoms with Gasteiger partial charge in [0.25, 0.3) is 11.8 Å². The first kappa shape index (κ1) is 25.1. The molecule has 5 N–H and O–H groups in total. The van der Waals surface area contributed by atoms with E-state index in [-0.39, 0.29) is 6.42 Å². The number of imidazole rings is 1. The van der Waals surface area contributed by atoms with Crippen molar-refractivity contribution in [3.8, 4) is 0 Å². The van der Waals surface area contributed by atoms with Gasteiger partial charge in [0, 0.05) is 10.9 Å². The summed E-state index contributed by atoms with van der Waals surface area (Å²) in [7, 11) is 0. The van der Waals surface area contributed by atoms with E-state index in [9.17, 15) is 30.0 Å². The minimum atomic E-state index is -2.30. The molecule has 3 aromatic rings. The van der Waals surface area contributed by atoms with Crippen LogP contribution in [0, 0.1) is 0 Å². The van der Waals surface area contributed by atoms with E-state index in [2.05, 4.69) is 26.0 Å². The van der Waals surface area contributed by atoms with Crippen LogP contribution in [0.3, 0.4) is 0 Å². The normalized spacial score (nSPS) is 19.8. The second-order valence-electron chi connectivity index (χ2n) is 8.08. The Hall–Kier alpha value is -3.00. The molecule has 184 valence electrons. The second kappa shape index (κ2) is 10.3. The molecule has 1 unspecified atom stereocenters. The van der Waals surface area contributed by atoms with Crippen LogP contribution in [-0.4, -0.2) is 88.6 Å². The maximum Gasteiger partial charge on any atom is 0.281 e. The summed E-state index contributed by atoms with van der Waals surface area (Å²) in [6.45, 7) is -0.913. The Kier molecular flexibility index (Phi) is 7.40. The SMILES string of the molecule is O=C1C(n2cnc3ccccc32)CC(c2ccc(Br)cc2)=NN1C(=O)[C@H](O)[C@@H](O)[C@H](O)[C@H](O)CO. The number of rotatable bonds is 7. The Balaban J connectivity index is 1.73. The highest BCUT2D eigenvalue weighted by Gasteiger charge is 2.43. The predicted octanol–water partition coefficient (Wildman–Crippen LogP) is -0.0610. The van der Waals surface area contributed by atoms with Gasteiger partial charge in [0.1, 0.15) is 24.4 Å². The third-order valence-electron chi connectivity index (χ3n) is 5.81. The van der Waals surface area contributed by atoms with Crippen molar-refractivity contribution in [1.29, 1.82) is 0 Å². The van der Waals surface area contributed by atoms with Gasteiger partial charge in [-0.15, -0.1) is 0 Å². The first-order valence-corrected chi connectivity index (χ1v) is 11.5. The number of amides is 2. The van der Waals surface area contributed by atoms with E-state index in [4.69, 9.17) is 5.11 Å². The van der Waals surface area contributed by atoms with Crippen LogP contribution in [0.4, 0.5) is 0 Å². The van der Waals surface area contributed by atoms with Crippen molar-refractivity contribution in [1.82, 2.24) is 14.6 Å². The standard InChI is InChI=1S/C23H23BrN4O7/c24-13-7-5-12(6-8-13)15-9-17(27-11-25-14-3-1-2-4-16(14)27)22(34)28(26-15)23(35)21(33)20(32)19(31)18(30)10-29/h1-8,11,17-21,29-33H,9-10H2/t17?,18-,19-,20+,21-/m1/s1. The number of aliphatic hydroxyl groups excluding tert-OH is 5. The lowest BCUT2D eigenvalue weighted by molar-refractivity contribution is -0.164. The molecule has 0 fully saturated rings. The molecule has 4 rings (SSSR count). The fourth-order valence-electron chi connectivity index (χ4n) is 3.84. The molecule has 11 nitrogen and oxygen atoms in total. The van der Waals surface area contributed by atoms with Crippen molar-refractivity contribution < 1.29 is 35.1 Å². The molecular formula is C23H23BrN4O7. The van der Waals surface area contributed by atoms with Crippen molar-refractivity contribution in [2.45, 2.75) is 36.9 Å². The Labute approximate surface area is 207 Å². The van der Waals surface area contributed by atoms with Gasteiger partial charge in [-0.25, -0.2) is 4.98 Å². The Morgan fingerprint density at radius 2 is 1.74 bits per heavy atom. The fourth-order valence-corrected chi connectivity index (χ4v) is 4.10. The number of aromatic nitrogens is 2. The van der Waals surface area contributed by atoms with Crippen molar-refractivity contribution in [2.24, 2.45) is 5.10 Å². The highest BCUT2D eigenvalue weighted by atomic mass is 79.9. The number of aliphatic hydroxyl groups is 5. The van der Waals surface area contributed by atoms with Gasteiger partial charge in [0.2, 0.25) is 0 Å². The first-order chi connectivity index (χ1) is 16.7. The summed E-state index contributed by atoms with van der Waals surface area (Å²) in [5.41, 5.74) is 2.28. The van der Waals surface area contributed by atoms with Gasteiger partial charge in [0.15, 0.2) is 6.10 Å². The Morgan fingerprint density at radius 1 is 1.06 bits per heavy atom. The zero-order valence-electron chi connectivity index (χ0n) is 18.2. The van der Waals surface area contributed by atoms with Crippen LogP contribution in [-0.2, 0) is 9.59 Å². The zero-order chi connectivity index (χ0) is 25.3. The number of hydrazone groups is 1. The number of carbonyl (C=O) groups is 2. The minimum Gasteiger partial charge on any atom is -0.394 e. The Morgan fingerprint density at radius 3 is 2.43 bits per heavy atom. The van der Waals surface area contributed by atoms with Crippen LogP contribution < -0.4 is 0 Å². The molecule has 12 heteroatoms. The molecular weight excluding hydrogens is 524 g/mol. The summed E-state index contributed by atoms with van der Waals surface area (Å²) in [5, 5.41) is 53.7. The highest BCUT2D eigenvalue weighted by Crippen LogP contribution is 2.29. The largest absolute Gasteiger partial charge is 0.394 e. The van der Waals surface area contributed by atoms with Gasteiger partial charge >= 0.3 is 0 Å². The lowest BCUT2D eigenvalue weighted by atomic mass is 9.99. The summed E-state index contributed by atoms with van der Waals surface area (Å²) >= 11 is 3.36. The number of benzene rings is 2. The zero-order valence-corrected chi connectivity index (χ0v) is 19.8. The third kappa shape index (κ3) is 4.89. The molecule has 2 amide bonds.